The van der Waals surface area contributed by atoms with Gasteiger partial charge in [-0.15, -0.1) is 0 Å². The van der Waals surface area contributed by atoms with Gasteiger partial charge in [-0.1, -0.05) is 33.1 Å². The van der Waals surface area contributed by atoms with Crippen LogP contribution in [0.2, 0.25) is 0 Å². The fourth-order valence-electron chi connectivity index (χ4n) is 5.92. The minimum atomic E-state index is -4.51. The van der Waals surface area contributed by atoms with Crippen molar-refractivity contribution in [1.29, 1.82) is 0 Å². The smallest absolute Gasteiger partial charge is 0.381 e. The molecule has 0 aromatic carbocycles. The fourth-order valence-corrected chi connectivity index (χ4v) is 5.92. The first-order valence-electron chi connectivity index (χ1n) is 11.1. The van der Waals surface area contributed by atoms with Gasteiger partial charge >= 0.3 is 12.4 Å². The van der Waals surface area contributed by atoms with E-state index in [0.717, 1.165) is 52.4 Å². The molecule has 3 aliphatic rings. The van der Waals surface area contributed by atoms with Crippen molar-refractivity contribution in [2.75, 3.05) is 0 Å². The van der Waals surface area contributed by atoms with Crippen LogP contribution < -0.4 is 0 Å². The Balaban J connectivity index is 0.000000216. The van der Waals surface area contributed by atoms with Gasteiger partial charge in [0, 0.05) is 0 Å². The second-order valence-electron chi connectivity index (χ2n) is 10.5. The van der Waals surface area contributed by atoms with Gasteiger partial charge in [0.25, 0.3) is 0 Å². The number of alkyl halides is 6. The summed E-state index contributed by atoms with van der Waals surface area (Å²) in [4.78, 5) is 0. The van der Waals surface area contributed by atoms with Crippen molar-refractivity contribution in [3.63, 3.8) is 0 Å². The molecule has 8 unspecified atom stereocenters. The third kappa shape index (κ3) is 5.45. The van der Waals surface area contributed by atoms with E-state index < -0.39 is 29.5 Å². The first-order chi connectivity index (χ1) is 13.5. The Hall–Kier alpha value is -0.500. The van der Waals surface area contributed by atoms with Gasteiger partial charge in [-0.2, -0.15) is 26.3 Å². The van der Waals surface area contributed by atoms with E-state index in [1.807, 2.05) is 0 Å². The van der Waals surface area contributed by atoms with Crippen molar-refractivity contribution in [3.05, 3.63) is 0 Å². The minimum absolute atomic E-state index is 0.0413. The predicted octanol–water partition coefficient (Wildman–Crippen LogP) is 6.50. The highest BCUT2D eigenvalue weighted by Crippen LogP contribution is 2.54. The second-order valence-corrected chi connectivity index (χ2v) is 10.5. The standard InChI is InChI=1S/C12H19F3O.C10H17F3O/c1-7-3-9-4-8(7)5-10(9)6-11(2,16)12(13,14)15;1-7-5-3-4-6-8(7)9(2,14)10(11,12)13/h7-10,16H,3-6H2,1-2H3;7-8,14H,3-6H2,1-2H3. The van der Waals surface area contributed by atoms with Crippen LogP contribution in [0.5, 0.6) is 0 Å². The second kappa shape index (κ2) is 8.80. The van der Waals surface area contributed by atoms with Gasteiger partial charge in [0.2, 0.25) is 0 Å². The molecule has 0 aromatic rings. The topological polar surface area (TPSA) is 40.5 Å². The molecule has 8 heteroatoms. The molecule has 2 nitrogen and oxygen atoms in total. The summed E-state index contributed by atoms with van der Waals surface area (Å²) >= 11 is 0. The van der Waals surface area contributed by atoms with Gasteiger partial charge in [0.05, 0.1) is 0 Å². The third-order valence-electron chi connectivity index (χ3n) is 8.03. The van der Waals surface area contributed by atoms with Gasteiger partial charge in [-0.25, -0.2) is 0 Å². The number of aliphatic hydroxyl groups is 2. The molecule has 8 atom stereocenters. The molecule has 0 heterocycles. The van der Waals surface area contributed by atoms with Crippen molar-refractivity contribution in [2.24, 2.45) is 35.5 Å². The van der Waals surface area contributed by atoms with Crippen molar-refractivity contribution >= 4 is 0 Å². The van der Waals surface area contributed by atoms with Crippen LogP contribution in [0.1, 0.15) is 79.1 Å². The molecule has 178 valence electrons. The van der Waals surface area contributed by atoms with Crippen LogP contribution in [0.4, 0.5) is 26.3 Å². The molecule has 3 aliphatic carbocycles. The van der Waals surface area contributed by atoms with E-state index in [9.17, 15) is 36.6 Å². The van der Waals surface area contributed by atoms with Crippen LogP contribution in [0.3, 0.4) is 0 Å². The molecule has 0 amide bonds. The first-order valence-corrected chi connectivity index (χ1v) is 11.1. The number of rotatable bonds is 3. The fraction of sp³-hybridized carbons (Fsp3) is 1.00. The highest BCUT2D eigenvalue weighted by atomic mass is 19.4. The summed E-state index contributed by atoms with van der Waals surface area (Å²) in [7, 11) is 0. The van der Waals surface area contributed by atoms with Gasteiger partial charge in [-0.05, 0) is 81.5 Å². The molecular formula is C22H36F6O2. The van der Waals surface area contributed by atoms with Crippen molar-refractivity contribution in [1.82, 2.24) is 0 Å². The average Bonchev–Trinajstić information content (AvgIpc) is 3.12. The van der Waals surface area contributed by atoms with Gasteiger partial charge in [0.1, 0.15) is 0 Å². The Morgan fingerprint density at radius 1 is 0.733 bits per heavy atom. The lowest BCUT2D eigenvalue weighted by Gasteiger charge is -2.40. The Bertz CT molecular complexity index is 567. The van der Waals surface area contributed by atoms with E-state index in [4.69, 9.17) is 0 Å². The van der Waals surface area contributed by atoms with E-state index in [1.54, 1.807) is 6.92 Å². The number of hydrogen-bond donors (Lipinski definition) is 2. The average molecular weight is 447 g/mol. The van der Waals surface area contributed by atoms with E-state index >= 15 is 0 Å². The molecule has 2 bridgehead atoms. The molecule has 0 radical (unpaired) electrons. The molecule has 3 rings (SSSR count). The number of fused-ring (bicyclic) bond motifs is 2. The molecule has 2 N–H and O–H groups in total. The van der Waals surface area contributed by atoms with E-state index in [-0.39, 0.29) is 18.3 Å². The van der Waals surface area contributed by atoms with Crippen LogP contribution in [0, 0.1) is 35.5 Å². The van der Waals surface area contributed by atoms with Crippen molar-refractivity contribution in [3.8, 4) is 0 Å². The summed E-state index contributed by atoms with van der Waals surface area (Å²) in [6, 6.07) is 0. The summed E-state index contributed by atoms with van der Waals surface area (Å²) in [5.41, 5.74) is -5.03. The highest BCUT2D eigenvalue weighted by molar-refractivity contribution is 4.97. The van der Waals surface area contributed by atoms with Crippen molar-refractivity contribution in [2.45, 2.75) is 103 Å². The zero-order valence-corrected chi connectivity index (χ0v) is 18.3. The molecule has 0 aliphatic heterocycles. The number of halogens is 6. The Morgan fingerprint density at radius 3 is 1.70 bits per heavy atom. The van der Waals surface area contributed by atoms with Crippen LogP contribution >= 0.6 is 0 Å². The lowest BCUT2D eigenvalue weighted by atomic mass is 9.71. The SMILES string of the molecule is CC1CC2CC1CC2CC(C)(O)C(F)(F)F.CC1CCCCC1C(C)(O)C(F)(F)F. The lowest BCUT2D eigenvalue weighted by Crippen LogP contribution is -2.51. The maximum Gasteiger partial charge on any atom is 0.417 e. The summed E-state index contributed by atoms with van der Waals surface area (Å²) in [6.07, 6.45) is -3.10. The first kappa shape index (κ1) is 25.8. The summed E-state index contributed by atoms with van der Waals surface area (Å²) in [6.45, 7) is 5.79. The maximum absolute atomic E-state index is 12.6. The van der Waals surface area contributed by atoms with E-state index in [2.05, 4.69) is 6.92 Å². The maximum atomic E-state index is 12.6. The third-order valence-corrected chi connectivity index (χ3v) is 8.03. The number of hydrogen-bond acceptors (Lipinski definition) is 2. The quantitative estimate of drug-likeness (QED) is 0.486. The molecular weight excluding hydrogens is 410 g/mol. The highest BCUT2D eigenvalue weighted by Gasteiger charge is 2.56. The zero-order valence-electron chi connectivity index (χ0n) is 18.3. The molecule has 3 fully saturated rings. The van der Waals surface area contributed by atoms with Crippen LogP contribution in [0.15, 0.2) is 0 Å². The van der Waals surface area contributed by atoms with E-state index in [1.165, 1.54) is 0 Å². The van der Waals surface area contributed by atoms with Gasteiger partial charge in [0.15, 0.2) is 11.2 Å². The lowest BCUT2D eigenvalue weighted by molar-refractivity contribution is -0.280. The molecule has 0 aromatic heterocycles. The molecule has 3 saturated carbocycles. The molecule has 30 heavy (non-hydrogen) atoms. The minimum Gasteiger partial charge on any atom is -0.381 e. The Morgan fingerprint density at radius 2 is 1.30 bits per heavy atom. The van der Waals surface area contributed by atoms with Crippen LogP contribution in [0.25, 0.3) is 0 Å². The van der Waals surface area contributed by atoms with E-state index in [0.29, 0.717) is 24.2 Å². The summed E-state index contributed by atoms with van der Waals surface area (Å²) in [5.74, 6) is 1.05. The van der Waals surface area contributed by atoms with Crippen LogP contribution in [-0.2, 0) is 0 Å². The monoisotopic (exact) mass is 446 g/mol. The Labute approximate surface area is 175 Å². The normalized spacial score (nSPS) is 38.4. The van der Waals surface area contributed by atoms with Crippen LogP contribution in [-0.4, -0.2) is 33.8 Å². The molecule has 0 saturated heterocycles. The largest absolute Gasteiger partial charge is 0.417 e. The van der Waals surface area contributed by atoms with Gasteiger partial charge in [-0.3, -0.25) is 0 Å². The van der Waals surface area contributed by atoms with Gasteiger partial charge < -0.3 is 10.2 Å². The Kier molecular flexibility index (Phi) is 7.55. The summed E-state index contributed by atoms with van der Waals surface area (Å²) in [5, 5.41) is 19.0. The summed E-state index contributed by atoms with van der Waals surface area (Å²) < 4.78 is 75.3. The van der Waals surface area contributed by atoms with Crippen molar-refractivity contribution < 1.29 is 36.6 Å². The molecule has 0 spiro atoms. The zero-order chi connectivity index (χ0) is 23.1. The predicted molar refractivity (Wildman–Crippen MR) is 103 cm³/mol.